The van der Waals surface area contributed by atoms with E-state index in [1.165, 1.54) is 0 Å². The number of carbonyl (C=O) groups is 1. The van der Waals surface area contributed by atoms with E-state index in [2.05, 4.69) is 39.7 Å². The van der Waals surface area contributed by atoms with Crippen molar-refractivity contribution in [3.63, 3.8) is 0 Å². The number of para-hydroxylation sites is 1. The molecule has 124 valence electrons. The van der Waals surface area contributed by atoms with Crippen molar-refractivity contribution in [3.05, 3.63) is 48.3 Å². The fraction of sp³-hybridized carbons (Fsp3) is 0.412. The Morgan fingerprint density at radius 2 is 2.04 bits per heavy atom. The van der Waals surface area contributed by atoms with Crippen molar-refractivity contribution in [2.45, 2.75) is 19.0 Å². The van der Waals surface area contributed by atoms with Crippen molar-refractivity contribution in [1.29, 1.82) is 0 Å². The van der Waals surface area contributed by atoms with Crippen LogP contribution >= 0.6 is 0 Å². The summed E-state index contributed by atoms with van der Waals surface area (Å²) < 4.78 is 1.69. The number of aromatic nitrogens is 2. The molecule has 1 amide bonds. The summed E-state index contributed by atoms with van der Waals surface area (Å²) in [6.45, 7) is 2.66. The number of hydrogen-bond acceptors (Lipinski definition) is 4. The molecule has 0 aliphatic heterocycles. The van der Waals surface area contributed by atoms with Gasteiger partial charge in [-0.15, -0.1) is 0 Å². The third-order valence-electron chi connectivity index (χ3n) is 4.01. The summed E-state index contributed by atoms with van der Waals surface area (Å²) in [5.74, 6) is -0.0474. The van der Waals surface area contributed by atoms with E-state index in [4.69, 9.17) is 0 Å². The van der Waals surface area contributed by atoms with Gasteiger partial charge in [0.1, 0.15) is 6.04 Å². The number of benzene rings is 1. The number of anilines is 1. The SMILES string of the molecule is CNC(C(=O)NCC(C)N(C)c1ccccc1)c1cnn(C)c1. The lowest BCUT2D eigenvalue weighted by Gasteiger charge is -2.27. The number of nitrogens with zero attached hydrogens (tertiary/aromatic N) is 3. The Bertz CT molecular complexity index is 625. The van der Waals surface area contributed by atoms with Crippen LogP contribution in [-0.2, 0) is 11.8 Å². The van der Waals surface area contributed by atoms with Crippen LogP contribution in [0.15, 0.2) is 42.7 Å². The Labute approximate surface area is 137 Å². The van der Waals surface area contributed by atoms with Crippen LogP contribution in [0.5, 0.6) is 0 Å². The molecule has 2 atom stereocenters. The fourth-order valence-corrected chi connectivity index (χ4v) is 2.44. The van der Waals surface area contributed by atoms with E-state index in [1.54, 1.807) is 17.9 Å². The minimum absolute atomic E-state index is 0.0474. The van der Waals surface area contributed by atoms with Crippen molar-refractivity contribution in [2.75, 3.05) is 25.5 Å². The van der Waals surface area contributed by atoms with E-state index >= 15 is 0 Å². The molecule has 1 heterocycles. The van der Waals surface area contributed by atoms with Gasteiger partial charge in [0.05, 0.1) is 6.20 Å². The van der Waals surface area contributed by atoms with E-state index in [0.717, 1.165) is 11.3 Å². The van der Waals surface area contributed by atoms with Crippen LogP contribution in [-0.4, -0.2) is 42.4 Å². The standard InChI is InChI=1S/C17H25N5O/c1-13(22(4)15-8-6-5-7-9-15)10-19-17(23)16(18-2)14-11-20-21(3)12-14/h5-9,11-13,16,18H,10H2,1-4H3,(H,19,23). The Balaban J connectivity index is 1.92. The van der Waals surface area contributed by atoms with Crippen LogP contribution in [0.4, 0.5) is 5.69 Å². The molecule has 0 aliphatic carbocycles. The molecule has 0 saturated carbocycles. The number of likely N-dealkylation sites (N-methyl/N-ethyl adjacent to an activating group) is 2. The van der Waals surface area contributed by atoms with Crippen molar-refractivity contribution in [3.8, 4) is 0 Å². The van der Waals surface area contributed by atoms with Crippen molar-refractivity contribution < 1.29 is 4.79 Å². The maximum Gasteiger partial charge on any atom is 0.241 e. The molecule has 2 N–H and O–H groups in total. The fourth-order valence-electron chi connectivity index (χ4n) is 2.44. The smallest absolute Gasteiger partial charge is 0.241 e. The molecule has 1 aromatic heterocycles. The summed E-state index contributed by atoms with van der Waals surface area (Å²) in [5, 5.41) is 10.2. The van der Waals surface area contributed by atoms with Crippen LogP contribution < -0.4 is 15.5 Å². The Kier molecular flexibility index (Phi) is 5.76. The van der Waals surface area contributed by atoms with Gasteiger partial charge in [-0.05, 0) is 26.1 Å². The zero-order valence-corrected chi connectivity index (χ0v) is 14.2. The second-order valence-electron chi connectivity index (χ2n) is 5.71. The zero-order chi connectivity index (χ0) is 16.8. The quantitative estimate of drug-likeness (QED) is 0.809. The molecule has 6 heteroatoms. The van der Waals surface area contributed by atoms with Crippen LogP contribution in [0.2, 0.25) is 0 Å². The minimum Gasteiger partial charge on any atom is -0.370 e. The van der Waals surface area contributed by atoms with Gasteiger partial charge in [-0.2, -0.15) is 5.10 Å². The summed E-state index contributed by atoms with van der Waals surface area (Å²) in [4.78, 5) is 14.6. The van der Waals surface area contributed by atoms with E-state index in [-0.39, 0.29) is 11.9 Å². The van der Waals surface area contributed by atoms with Crippen LogP contribution in [0.1, 0.15) is 18.5 Å². The highest BCUT2D eigenvalue weighted by molar-refractivity contribution is 5.83. The molecule has 2 aromatic rings. The highest BCUT2D eigenvalue weighted by Gasteiger charge is 2.21. The summed E-state index contributed by atoms with van der Waals surface area (Å²) >= 11 is 0. The highest BCUT2D eigenvalue weighted by Crippen LogP contribution is 2.14. The summed E-state index contributed by atoms with van der Waals surface area (Å²) in [7, 11) is 5.64. The van der Waals surface area contributed by atoms with Gasteiger partial charge in [0.2, 0.25) is 5.91 Å². The van der Waals surface area contributed by atoms with Crippen LogP contribution in [0.25, 0.3) is 0 Å². The number of carbonyl (C=O) groups excluding carboxylic acids is 1. The monoisotopic (exact) mass is 315 g/mol. The predicted octanol–water partition coefficient (Wildman–Crippen LogP) is 1.32. The van der Waals surface area contributed by atoms with Gasteiger partial charge >= 0.3 is 0 Å². The second kappa shape index (κ2) is 7.78. The second-order valence-corrected chi connectivity index (χ2v) is 5.71. The summed E-state index contributed by atoms with van der Waals surface area (Å²) in [5.41, 5.74) is 1.99. The third kappa shape index (κ3) is 4.32. The topological polar surface area (TPSA) is 62.2 Å². The Morgan fingerprint density at radius 3 is 2.61 bits per heavy atom. The molecule has 0 radical (unpaired) electrons. The predicted molar refractivity (Wildman–Crippen MR) is 92.3 cm³/mol. The molecule has 6 nitrogen and oxygen atoms in total. The number of hydrogen-bond donors (Lipinski definition) is 2. The van der Waals surface area contributed by atoms with Gasteiger partial charge in [0.15, 0.2) is 0 Å². The maximum atomic E-state index is 12.4. The summed E-state index contributed by atoms with van der Waals surface area (Å²) in [6, 6.07) is 9.93. The molecular weight excluding hydrogens is 290 g/mol. The van der Waals surface area contributed by atoms with E-state index < -0.39 is 6.04 Å². The lowest BCUT2D eigenvalue weighted by atomic mass is 10.1. The van der Waals surface area contributed by atoms with Gasteiger partial charge in [-0.1, -0.05) is 18.2 Å². The molecule has 0 aliphatic rings. The first-order valence-corrected chi connectivity index (χ1v) is 7.74. The first kappa shape index (κ1) is 17.0. The highest BCUT2D eigenvalue weighted by atomic mass is 16.2. The number of rotatable bonds is 7. The lowest BCUT2D eigenvalue weighted by Crippen LogP contribution is -2.43. The molecule has 2 unspecified atom stereocenters. The van der Waals surface area contributed by atoms with Crippen molar-refractivity contribution >= 4 is 11.6 Å². The Morgan fingerprint density at radius 1 is 1.35 bits per heavy atom. The van der Waals surface area contributed by atoms with Crippen molar-refractivity contribution in [2.24, 2.45) is 7.05 Å². The molecule has 0 bridgehead atoms. The molecule has 0 saturated heterocycles. The van der Waals surface area contributed by atoms with Gasteiger partial charge in [0, 0.05) is 44.1 Å². The molecule has 0 spiro atoms. The molecular formula is C17H25N5O. The maximum absolute atomic E-state index is 12.4. The van der Waals surface area contributed by atoms with Gasteiger partial charge in [0.25, 0.3) is 0 Å². The average Bonchev–Trinajstić information content (AvgIpc) is 2.99. The first-order chi connectivity index (χ1) is 11.0. The number of amides is 1. The largest absolute Gasteiger partial charge is 0.370 e. The van der Waals surface area contributed by atoms with Gasteiger partial charge in [-0.25, -0.2) is 0 Å². The van der Waals surface area contributed by atoms with Gasteiger partial charge < -0.3 is 15.5 Å². The number of aryl methyl sites for hydroxylation is 1. The minimum atomic E-state index is -0.391. The van der Waals surface area contributed by atoms with Gasteiger partial charge in [-0.3, -0.25) is 9.48 Å². The van der Waals surface area contributed by atoms with Crippen LogP contribution in [0.3, 0.4) is 0 Å². The molecule has 23 heavy (non-hydrogen) atoms. The van der Waals surface area contributed by atoms with E-state index in [0.29, 0.717) is 6.54 Å². The summed E-state index contributed by atoms with van der Waals surface area (Å²) in [6.07, 6.45) is 3.56. The molecule has 2 rings (SSSR count). The number of nitrogens with one attached hydrogen (secondary N) is 2. The molecule has 1 aromatic carbocycles. The van der Waals surface area contributed by atoms with E-state index in [9.17, 15) is 4.79 Å². The molecule has 0 fully saturated rings. The van der Waals surface area contributed by atoms with E-state index in [1.807, 2.05) is 38.5 Å². The average molecular weight is 315 g/mol. The van der Waals surface area contributed by atoms with Crippen LogP contribution in [0, 0.1) is 0 Å². The first-order valence-electron chi connectivity index (χ1n) is 7.74. The lowest BCUT2D eigenvalue weighted by molar-refractivity contribution is -0.123. The Hall–Kier alpha value is -2.34. The van der Waals surface area contributed by atoms with Crippen molar-refractivity contribution in [1.82, 2.24) is 20.4 Å². The normalized spacial score (nSPS) is 13.4. The zero-order valence-electron chi connectivity index (χ0n) is 14.2. The third-order valence-corrected chi connectivity index (χ3v) is 4.01.